The van der Waals surface area contributed by atoms with Gasteiger partial charge in [-0.05, 0) is 55.0 Å². The number of ether oxygens (including phenoxy) is 3. The third-order valence-corrected chi connectivity index (χ3v) is 4.24. The Bertz CT molecular complexity index is 781. The minimum absolute atomic E-state index is 0.212. The number of thiocarbonyl (C=S) groups is 1. The Morgan fingerprint density at radius 1 is 0.966 bits per heavy atom. The summed E-state index contributed by atoms with van der Waals surface area (Å²) in [6.07, 6.45) is 3.17. The lowest BCUT2D eigenvalue weighted by atomic mass is 10.2. The molecule has 156 valence electrons. The summed E-state index contributed by atoms with van der Waals surface area (Å²) in [6, 6.07) is 14.4. The lowest BCUT2D eigenvalue weighted by Gasteiger charge is -2.13. The van der Waals surface area contributed by atoms with Gasteiger partial charge in [0.15, 0.2) is 5.11 Å². The Morgan fingerprint density at radius 2 is 1.72 bits per heavy atom. The number of para-hydroxylation sites is 1. The molecule has 0 fully saturated rings. The molecular formula is C22H28N2O4S. The highest BCUT2D eigenvalue weighted by atomic mass is 32.1. The molecule has 0 bridgehead atoms. The molecule has 29 heavy (non-hydrogen) atoms. The molecule has 0 aliphatic carbocycles. The Morgan fingerprint density at radius 3 is 2.45 bits per heavy atom. The van der Waals surface area contributed by atoms with Crippen LogP contribution in [-0.4, -0.2) is 38.0 Å². The number of unbranched alkanes of at least 4 members (excludes halogenated alkanes) is 2. The van der Waals surface area contributed by atoms with Crippen molar-refractivity contribution < 1.29 is 19.0 Å². The fourth-order valence-electron chi connectivity index (χ4n) is 2.52. The average molecular weight is 417 g/mol. The molecule has 0 aromatic heterocycles. The minimum Gasteiger partial charge on any atom is -0.493 e. The molecule has 0 saturated heterocycles. The van der Waals surface area contributed by atoms with Crippen LogP contribution in [0.5, 0.6) is 11.5 Å². The molecule has 2 N–H and O–H groups in total. The van der Waals surface area contributed by atoms with Gasteiger partial charge in [-0.25, -0.2) is 0 Å². The molecule has 7 heteroatoms. The fraction of sp³-hybridized carbons (Fsp3) is 0.364. The Labute approximate surface area is 177 Å². The van der Waals surface area contributed by atoms with E-state index in [2.05, 4.69) is 17.6 Å². The summed E-state index contributed by atoms with van der Waals surface area (Å²) >= 11 is 5.26. The van der Waals surface area contributed by atoms with Crippen molar-refractivity contribution in [2.45, 2.75) is 26.2 Å². The van der Waals surface area contributed by atoms with Crippen LogP contribution in [0.4, 0.5) is 5.69 Å². The van der Waals surface area contributed by atoms with Gasteiger partial charge < -0.3 is 19.5 Å². The van der Waals surface area contributed by atoms with Crippen LogP contribution in [0.25, 0.3) is 0 Å². The summed E-state index contributed by atoms with van der Waals surface area (Å²) in [5, 5.41) is 5.90. The van der Waals surface area contributed by atoms with E-state index < -0.39 is 0 Å². The highest BCUT2D eigenvalue weighted by molar-refractivity contribution is 7.80. The van der Waals surface area contributed by atoms with Gasteiger partial charge in [0.25, 0.3) is 5.91 Å². The van der Waals surface area contributed by atoms with Crippen LogP contribution < -0.4 is 20.1 Å². The van der Waals surface area contributed by atoms with E-state index in [1.807, 2.05) is 30.3 Å². The van der Waals surface area contributed by atoms with E-state index in [4.69, 9.17) is 26.4 Å². The largest absolute Gasteiger partial charge is 0.493 e. The van der Waals surface area contributed by atoms with Crippen molar-refractivity contribution in [3.63, 3.8) is 0 Å². The second-order valence-electron chi connectivity index (χ2n) is 6.33. The van der Waals surface area contributed by atoms with Crippen LogP contribution in [0.2, 0.25) is 0 Å². The SMILES string of the molecule is CCCCCOc1ccccc1C(=O)NC(=S)Nc1ccc(OCCOC)cc1. The normalized spacial score (nSPS) is 10.3. The smallest absolute Gasteiger partial charge is 0.261 e. The molecule has 0 heterocycles. The quantitative estimate of drug-likeness (QED) is 0.418. The first-order chi connectivity index (χ1) is 14.1. The number of rotatable bonds is 11. The molecule has 2 aromatic carbocycles. The summed E-state index contributed by atoms with van der Waals surface area (Å²) in [7, 11) is 1.63. The summed E-state index contributed by atoms with van der Waals surface area (Å²) in [4.78, 5) is 12.6. The number of methoxy groups -OCH3 is 1. The number of amides is 1. The zero-order chi connectivity index (χ0) is 20.9. The Kier molecular flexibility index (Phi) is 9.95. The predicted molar refractivity (Wildman–Crippen MR) is 119 cm³/mol. The molecule has 2 aromatic rings. The van der Waals surface area contributed by atoms with Crippen LogP contribution in [-0.2, 0) is 4.74 Å². The van der Waals surface area contributed by atoms with E-state index in [-0.39, 0.29) is 11.0 Å². The molecule has 6 nitrogen and oxygen atoms in total. The first-order valence-electron chi connectivity index (χ1n) is 9.70. The van der Waals surface area contributed by atoms with E-state index in [9.17, 15) is 4.79 Å². The molecule has 2 rings (SSSR count). The zero-order valence-corrected chi connectivity index (χ0v) is 17.7. The Hall–Kier alpha value is -2.64. The van der Waals surface area contributed by atoms with Crippen molar-refractivity contribution in [1.29, 1.82) is 0 Å². The summed E-state index contributed by atoms with van der Waals surface area (Å²) in [5.74, 6) is 0.978. The zero-order valence-electron chi connectivity index (χ0n) is 16.9. The van der Waals surface area contributed by atoms with Gasteiger partial charge in [0.1, 0.15) is 18.1 Å². The molecule has 0 spiro atoms. The molecule has 0 atom stereocenters. The van der Waals surface area contributed by atoms with Gasteiger partial charge in [-0.2, -0.15) is 0 Å². The fourth-order valence-corrected chi connectivity index (χ4v) is 2.73. The van der Waals surface area contributed by atoms with Gasteiger partial charge in [-0.1, -0.05) is 31.9 Å². The highest BCUT2D eigenvalue weighted by Gasteiger charge is 2.13. The number of hydrogen-bond donors (Lipinski definition) is 2. The molecule has 0 aliphatic heterocycles. The highest BCUT2D eigenvalue weighted by Crippen LogP contribution is 2.19. The van der Waals surface area contributed by atoms with Crippen molar-refractivity contribution >= 4 is 28.9 Å². The van der Waals surface area contributed by atoms with Gasteiger partial charge in [0, 0.05) is 12.8 Å². The molecular weight excluding hydrogens is 388 g/mol. The molecule has 1 amide bonds. The van der Waals surface area contributed by atoms with Crippen LogP contribution in [0.3, 0.4) is 0 Å². The van der Waals surface area contributed by atoms with Crippen molar-refractivity contribution in [3.05, 3.63) is 54.1 Å². The molecule has 0 saturated carbocycles. The number of benzene rings is 2. The van der Waals surface area contributed by atoms with Crippen LogP contribution in [0.15, 0.2) is 48.5 Å². The number of nitrogens with one attached hydrogen (secondary N) is 2. The van der Waals surface area contributed by atoms with E-state index in [0.717, 1.165) is 30.7 Å². The Balaban J connectivity index is 1.88. The summed E-state index contributed by atoms with van der Waals surface area (Å²) in [6.45, 7) is 3.73. The molecule has 0 aliphatic rings. The van der Waals surface area contributed by atoms with Crippen molar-refractivity contribution in [1.82, 2.24) is 5.32 Å². The maximum atomic E-state index is 12.6. The minimum atomic E-state index is -0.312. The standard InChI is InChI=1S/C22H28N2O4S/c1-3-4-7-14-28-20-9-6-5-8-19(20)21(25)24-22(29)23-17-10-12-18(13-11-17)27-16-15-26-2/h5-6,8-13H,3-4,7,14-16H2,1-2H3,(H2,23,24,25,29). The van der Waals surface area contributed by atoms with Crippen LogP contribution in [0, 0.1) is 0 Å². The van der Waals surface area contributed by atoms with Crippen molar-refractivity contribution in [2.75, 3.05) is 32.2 Å². The molecule has 0 radical (unpaired) electrons. The van der Waals surface area contributed by atoms with Crippen molar-refractivity contribution in [3.8, 4) is 11.5 Å². The monoisotopic (exact) mass is 416 g/mol. The third-order valence-electron chi connectivity index (χ3n) is 4.03. The summed E-state index contributed by atoms with van der Waals surface area (Å²) in [5.41, 5.74) is 1.20. The van der Waals surface area contributed by atoms with E-state index >= 15 is 0 Å². The average Bonchev–Trinajstić information content (AvgIpc) is 2.73. The van der Waals surface area contributed by atoms with E-state index in [1.165, 1.54) is 0 Å². The third kappa shape index (κ3) is 8.09. The second-order valence-corrected chi connectivity index (χ2v) is 6.73. The predicted octanol–water partition coefficient (Wildman–Crippen LogP) is 4.41. The van der Waals surface area contributed by atoms with Gasteiger partial charge in [-0.3, -0.25) is 10.1 Å². The van der Waals surface area contributed by atoms with Gasteiger partial charge >= 0.3 is 0 Å². The lowest BCUT2D eigenvalue weighted by Crippen LogP contribution is -2.34. The van der Waals surface area contributed by atoms with Crippen LogP contribution >= 0.6 is 12.2 Å². The van der Waals surface area contributed by atoms with Crippen molar-refractivity contribution in [2.24, 2.45) is 0 Å². The molecule has 0 unspecified atom stereocenters. The van der Waals surface area contributed by atoms with E-state index in [0.29, 0.717) is 31.1 Å². The first-order valence-corrected chi connectivity index (χ1v) is 10.1. The number of carbonyl (C=O) groups excluding carboxylic acids is 1. The maximum absolute atomic E-state index is 12.6. The van der Waals surface area contributed by atoms with Gasteiger partial charge in [0.2, 0.25) is 0 Å². The topological polar surface area (TPSA) is 68.8 Å². The van der Waals surface area contributed by atoms with E-state index in [1.54, 1.807) is 25.3 Å². The maximum Gasteiger partial charge on any atom is 0.261 e. The summed E-state index contributed by atoms with van der Waals surface area (Å²) < 4.78 is 16.2. The number of hydrogen-bond acceptors (Lipinski definition) is 5. The first kappa shape index (κ1) is 22.6. The number of carbonyl (C=O) groups is 1. The van der Waals surface area contributed by atoms with Gasteiger partial charge in [-0.15, -0.1) is 0 Å². The van der Waals surface area contributed by atoms with Crippen LogP contribution in [0.1, 0.15) is 36.5 Å². The second kappa shape index (κ2) is 12.7. The number of anilines is 1. The lowest BCUT2D eigenvalue weighted by molar-refractivity contribution is 0.0973. The van der Waals surface area contributed by atoms with Gasteiger partial charge in [0.05, 0.1) is 18.8 Å².